The number of amides is 1. The van der Waals surface area contributed by atoms with Gasteiger partial charge in [0.25, 0.3) is 0 Å². The second-order valence-electron chi connectivity index (χ2n) is 4.91. The second-order valence-corrected chi connectivity index (χ2v) is 5.83. The highest BCUT2D eigenvalue weighted by atomic mass is 79.9. The van der Waals surface area contributed by atoms with Gasteiger partial charge in [-0.1, -0.05) is 35.2 Å². The Morgan fingerprint density at radius 1 is 1.12 bits per heavy atom. The highest BCUT2D eigenvalue weighted by molar-refractivity contribution is 9.10. The van der Waals surface area contributed by atoms with Gasteiger partial charge in [0, 0.05) is 4.47 Å². The molecule has 1 saturated carbocycles. The van der Waals surface area contributed by atoms with Crippen LogP contribution in [0, 0.1) is 0 Å². The maximum Gasteiger partial charge on any atom is 0.250 e. The molecule has 0 bridgehead atoms. The summed E-state index contributed by atoms with van der Waals surface area (Å²) in [7, 11) is 0. The first-order valence-electron chi connectivity index (χ1n) is 6.09. The van der Waals surface area contributed by atoms with Crippen LogP contribution in [0.25, 0.3) is 0 Å². The largest absolute Gasteiger partial charge is 0.370 e. The molecule has 4 heteroatoms. The van der Waals surface area contributed by atoms with Crippen molar-refractivity contribution in [2.45, 2.75) is 37.6 Å². The van der Waals surface area contributed by atoms with Crippen LogP contribution in [0.15, 0.2) is 22.7 Å². The topological polar surface area (TPSA) is 41.1 Å². The maximum absolute atomic E-state index is 12.3. The number of carbonyl (C=O) groups excluding carboxylic acids is 1. The van der Waals surface area contributed by atoms with Crippen molar-refractivity contribution in [1.82, 2.24) is 0 Å². The van der Waals surface area contributed by atoms with Crippen molar-refractivity contribution in [2.24, 2.45) is 0 Å². The highest BCUT2D eigenvalue weighted by Gasteiger charge is 2.42. The molecule has 1 aromatic rings. The number of hydrogen-bond donors (Lipinski definition) is 2. The minimum atomic E-state index is -0.362. The zero-order valence-electron chi connectivity index (χ0n) is 9.55. The molecule has 1 aliphatic carbocycles. The number of halogens is 1. The first-order chi connectivity index (χ1) is 8.20. The summed E-state index contributed by atoms with van der Waals surface area (Å²) in [6.45, 7) is 0. The third-order valence-corrected chi connectivity index (χ3v) is 4.24. The zero-order valence-corrected chi connectivity index (χ0v) is 11.1. The van der Waals surface area contributed by atoms with E-state index in [4.69, 9.17) is 0 Å². The van der Waals surface area contributed by atoms with Crippen molar-refractivity contribution in [2.75, 3.05) is 10.6 Å². The fourth-order valence-corrected chi connectivity index (χ4v) is 3.15. The van der Waals surface area contributed by atoms with Gasteiger partial charge < -0.3 is 10.6 Å². The number of anilines is 2. The van der Waals surface area contributed by atoms with Crippen molar-refractivity contribution in [1.29, 1.82) is 0 Å². The van der Waals surface area contributed by atoms with E-state index in [9.17, 15) is 4.79 Å². The van der Waals surface area contributed by atoms with E-state index in [1.807, 2.05) is 18.2 Å². The van der Waals surface area contributed by atoms with Gasteiger partial charge in [0.05, 0.1) is 11.4 Å². The van der Waals surface area contributed by atoms with Crippen molar-refractivity contribution in [3.05, 3.63) is 22.7 Å². The Labute approximate surface area is 109 Å². The van der Waals surface area contributed by atoms with E-state index in [1.165, 1.54) is 6.42 Å². The number of benzene rings is 1. The summed E-state index contributed by atoms with van der Waals surface area (Å²) in [5.74, 6) is 0.128. The molecule has 1 spiro atoms. The van der Waals surface area contributed by atoms with Crippen molar-refractivity contribution in [3.8, 4) is 0 Å². The van der Waals surface area contributed by atoms with E-state index in [-0.39, 0.29) is 11.4 Å². The summed E-state index contributed by atoms with van der Waals surface area (Å²) >= 11 is 3.42. The Morgan fingerprint density at radius 2 is 1.88 bits per heavy atom. The smallest absolute Gasteiger partial charge is 0.250 e. The third kappa shape index (κ3) is 1.84. The van der Waals surface area contributed by atoms with Crippen LogP contribution in [0.4, 0.5) is 11.4 Å². The molecule has 1 fully saturated rings. The fraction of sp³-hybridized carbons (Fsp3) is 0.462. The molecule has 0 unspecified atom stereocenters. The van der Waals surface area contributed by atoms with E-state index < -0.39 is 0 Å². The number of hydrogen-bond acceptors (Lipinski definition) is 2. The molecule has 0 atom stereocenters. The molecule has 0 radical (unpaired) electrons. The van der Waals surface area contributed by atoms with Crippen LogP contribution < -0.4 is 10.6 Å². The zero-order chi connectivity index (χ0) is 11.9. The van der Waals surface area contributed by atoms with Crippen LogP contribution in [0.5, 0.6) is 0 Å². The Bertz CT molecular complexity index is 466. The van der Waals surface area contributed by atoms with E-state index in [2.05, 4.69) is 26.6 Å². The fourth-order valence-electron chi connectivity index (χ4n) is 2.79. The lowest BCUT2D eigenvalue weighted by molar-refractivity contribution is -0.121. The minimum Gasteiger partial charge on any atom is -0.370 e. The van der Waals surface area contributed by atoms with Crippen molar-refractivity contribution >= 4 is 33.2 Å². The molecule has 3 nitrogen and oxygen atoms in total. The minimum absolute atomic E-state index is 0.128. The molecule has 1 heterocycles. The molecular weight excluding hydrogens is 280 g/mol. The molecule has 0 saturated heterocycles. The quantitative estimate of drug-likeness (QED) is 0.769. The van der Waals surface area contributed by atoms with Crippen LogP contribution >= 0.6 is 15.9 Å². The first kappa shape index (κ1) is 11.1. The Balaban J connectivity index is 1.97. The summed E-state index contributed by atoms with van der Waals surface area (Å²) in [6, 6.07) is 5.96. The van der Waals surface area contributed by atoms with Gasteiger partial charge >= 0.3 is 0 Å². The normalized spacial score (nSPS) is 21.6. The van der Waals surface area contributed by atoms with E-state index in [1.54, 1.807) is 0 Å². The number of rotatable bonds is 0. The second kappa shape index (κ2) is 4.02. The van der Waals surface area contributed by atoms with Crippen LogP contribution in [0.1, 0.15) is 32.1 Å². The molecule has 1 aromatic carbocycles. The average Bonchev–Trinajstić information content (AvgIpc) is 2.33. The van der Waals surface area contributed by atoms with Crippen LogP contribution in [0.2, 0.25) is 0 Å². The van der Waals surface area contributed by atoms with Crippen molar-refractivity contribution < 1.29 is 4.79 Å². The van der Waals surface area contributed by atoms with Gasteiger partial charge in [-0.25, -0.2) is 0 Å². The van der Waals surface area contributed by atoms with Gasteiger partial charge in [0.2, 0.25) is 5.91 Å². The molecule has 2 aliphatic rings. The Morgan fingerprint density at radius 3 is 2.65 bits per heavy atom. The average molecular weight is 295 g/mol. The van der Waals surface area contributed by atoms with E-state index >= 15 is 0 Å². The lowest BCUT2D eigenvalue weighted by atomic mass is 9.79. The molecule has 1 amide bonds. The summed E-state index contributed by atoms with van der Waals surface area (Å²) in [6.07, 6.45) is 5.38. The predicted octanol–water partition coefficient (Wildman–Crippen LogP) is 3.52. The highest BCUT2D eigenvalue weighted by Crippen LogP contribution is 2.39. The molecule has 3 rings (SSSR count). The van der Waals surface area contributed by atoms with Crippen LogP contribution in [0.3, 0.4) is 0 Å². The third-order valence-electron chi connectivity index (χ3n) is 3.75. The molecule has 1 aliphatic heterocycles. The van der Waals surface area contributed by atoms with Gasteiger partial charge in [-0.3, -0.25) is 4.79 Å². The Hall–Kier alpha value is -1.03. The van der Waals surface area contributed by atoms with Gasteiger partial charge in [0.15, 0.2) is 0 Å². The number of carbonyl (C=O) groups is 1. The van der Waals surface area contributed by atoms with Crippen LogP contribution in [-0.4, -0.2) is 11.4 Å². The maximum atomic E-state index is 12.3. The van der Waals surface area contributed by atoms with E-state index in [0.717, 1.165) is 41.5 Å². The number of fused-ring (bicyclic) bond motifs is 1. The predicted molar refractivity (Wildman–Crippen MR) is 72.2 cm³/mol. The molecule has 17 heavy (non-hydrogen) atoms. The van der Waals surface area contributed by atoms with E-state index in [0.29, 0.717) is 0 Å². The SMILES string of the molecule is O=C1Nc2cc(Br)ccc2NC12CCCCC2. The lowest BCUT2D eigenvalue weighted by Crippen LogP contribution is -2.53. The molecule has 2 N–H and O–H groups in total. The molecule has 90 valence electrons. The van der Waals surface area contributed by atoms with Crippen LogP contribution in [-0.2, 0) is 4.79 Å². The summed E-state index contributed by atoms with van der Waals surface area (Å²) in [5.41, 5.74) is 1.55. The summed E-state index contributed by atoms with van der Waals surface area (Å²) < 4.78 is 0.984. The summed E-state index contributed by atoms with van der Waals surface area (Å²) in [5, 5.41) is 6.49. The van der Waals surface area contributed by atoms with Gasteiger partial charge in [-0.15, -0.1) is 0 Å². The lowest BCUT2D eigenvalue weighted by Gasteiger charge is -2.41. The van der Waals surface area contributed by atoms with Gasteiger partial charge in [0.1, 0.15) is 5.54 Å². The first-order valence-corrected chi connectivity index (χ1v) is 6.88. The van der Waals surface area contributed by atoms with Gasteiger partial charge in [-0.05, 0) is 31.0 Å². The monoisotopic (exact) mass is 294 g/mol. The van der Waals surface area contributed by atoms with Gasteiger partial charge in [-0.2, -0.15) is 0 Å². The Kier molecular flexibility index (Phi) is 2.62. The standard InChI is InChI=1S/C13H15BrN2O/c14-9-4-5-10-11(8-9)15-12(17)13(16-10)6-2-1-3-7-13/h4-5,8,16H,1-3,6-7H2,(H,15,17). The summed E-state index contributed by atoms with van der Waals surface area (Å²) in [4.78, 5) is 12.3. The molecule has 0 aromatic heterocycles. The number of nitrogens with one attached hydrogen (secondary N) is 2. The molecular formula is C13H15BrN2O. The van der Waals surface area contributed by atoms with Crippen molar-refractivity contribution in [3.63, 3.8) is 0 Å².